The highest BCUT2D eigenvalue weighted by atomic mass is 35.5. The first kappa shape index (κ1) is 17.3. The lowest BCUT2D eigenvalue weighted by molar-refractivity contribution is 0.0389. The van der Waals surface area contributed by atoms with Crippen LogP contribution in [0.4, 0.5) is 0 Å². The topological polar surface area (TPSA) is 88.4 Å². The summed E-state index contributed by atoms with van der Waals surface area (Å²) in [5, 5.41) is 16.7. The molecule has 1 rings (SSSR count). The van der Waals surface area contributed by atoms with Crippen LogP contribution in [-0.4, -0.2) is 43.4 Å². The Morgan fingerprint density at radius 3 is 1.59 bits per heavy atom. The molecule has 2 atom stereocenters. The maximum Gasteiger partial charge on any atom is 0.227 e. The van der Waals surface area contributed by atoms with Gasteiger partial charge >= 0.3 is 0 Å². The molecule has 11 heteroatoms. The van der Waals surface area contributed by atoms with Gasteiger partial charge in [0.05, 0.1) is 18.5 Å². The summed E-state index contributed by atoms with van der Waals surface area (Å²) in [6.45, 7) is -0.457. The second kappa shape index (κ2) is 9.29. The zero-order chi connectivity index (χ0) is 13.4. The first-order valence-electron chi connectivity index (χ1n) is 3.83. The average molecular weight is 345 g/mol. The number of rotatable bonds is 3. The minimum Gasteiger partial charge on any atom is -0.394 e. The highest BCUT2D eigenvalue weighted by molar-refractivity contribution is 6.33. The van der Waals surface area contributed by atoms with Crippen LogP contribution in [0.5, 0.6) is 0 Å². The molecule has 0 aromatic carbocycles. The van der Waals surface area contributed by atoms with Crippen molar-refractivity contribution in [2.45, 2.75) is 11.7 Å². The molecular weight excluding hydrogens is 339 g/mol. The number of aliphatic hydroxyl groups excluding tert-OH is 2. The predicted octanol–water partition coefficient (Wildman–Crippen LogP) is 1.91. The molecule has 2 N–H and O–H groups in total. The van der Waals surface area contributed by atoms with Gasteiger partial charge in [-0.15, -0.1) is 0 Å². The van der Waals surface area contributed by atoms with E-state index in [9.17, 15) is 0 Å². The Labute approximate surface area is 122 Å². The fourth-order valence-electron chi connectivity index (χ4n) is 0.446. The van der Waals surface area contributed by atoms with E-state index < -0.39 is 18.3 Å². The first-order chi connectivity index (χ1) is 7.90. The van der Waals surface area contributed by atoms with Gasteiger partial charge in [-0.1, -0.05) is 11.6 Å². The number of hydrogen-bond donors (Lipinski definition) is 2. The van der Waals surface area contributed by atoms with Gasteiger partial charge in [0.2, 0.25) is 15.9 Å². The molecule has 0 aliphatic rings. The largest absolute Gasteiger partial charge is 0.394 e. The third kappa shape index (κ3) is 8.12. The Hall–Kier alpha value is 0.340. The SMILES string of the molecule is Clc1nc(Cl)nc(Cl)n1.OCC(O)C(Cl)OCl. The van der Waals surface area contributed by atoms with E-state index in [2.05, 4.69) is 19.2 Å². The monoisotopic (exact) mass is 343 g/mol. The summed E-state index contributed by atoms with van der Waals surface area (Å²) < 4.78 is 3.93. The first-order valence-corrected chi connectivity index (χ1v) is 5.71. The van der Waals surface area contributed by atoms with Crippen molar-refractivity contribution >= 4 is 58.3 Å². The van der Waals surface area contributed by atoms with Crippen LogP contribution in [0.1, 0.15) is 0 Å². The van der Waals surface area contributed by atoms with Crippen molar-refractivity contribution in [3.05, 3.63) is 15.9 Å². The highest BCUT2D eigenvalue weighted by Gasteiger charge is 2.14. The third-order valence-electron chi connectivity index (χ3n) is 1.13. The van der Waals surface area contributed by atoms with Crippen LogP contribution in [-0.2, 0) is 4.29 Å². The number of hydrogen-bond acceptors (Lipinski definition) is 6. The maximum atomic E-state index is 8.54. The molecule has 0 fully saturated rings. The molecule has 1 aromatic rings. The van der Waals surface area contributed by atoms with Gasteiger partial charge in [-0.3, -0.25) is 4.29 Å². The van der Waals surface area contributed by atoms with Crippen molar-refractivity contribution in [1.82, 2.24) is 15.0 Å². The average Bonchev–Trinajstić information content (AvgIpc) is 2.25. The fraction of sp³-hybridized carbons (Fsp3) is 0.500. The molecular formula is C6H6Cl5N3O3. The molecule has 0 aliphatic carbocycles. The molecule has 6 nitrogen and oxygen atoms in total. The van der Waals surface area contributed by atoms with Crippen LogP contribution in [0.25, 0.3) is 0 Å². The van der Waals surface area contributed by atoms with Gasteiger partial charge in [0.15, 0.2) is 5.56 Å². The summed E-state index contributed by atoms with van der Waals surface area (Å²) in [4.78, 5) is 10.4. The van der Waals surface area contributed by atoms with Crippen LogP contribution >= 0.6 is 58.3 Å². The van der Waals surface area contributed by atoms with E-state index >= 15 is 0 Å². The molecule has 1 aromatic heterocycles. The normalized spacial score (nSPS) is 13.6. The Balaban J connectivity index is 0.000000304. The van der Waals surface area contributed by atoms with E-state index in [1.807, 2.05) is 0 Å². The van der Waals surface area contributed by atoms with E-state index in [0.717, 1.165) is 0 Å². The van der Waals surface area contributed by atoms with Crippen molar-refractivity contribution in [2.75, 3.05) is 6.61 Å². The van der Waals surface area contributed by atoms with E-state index in [1.165, 1.54) is 0 Å². The lowest BCUT2D eigenvalue weighted by atomic mass is 10.4. The summed E-state index contributed by atoms with van der Waals surface area (Å²) in [6.07, 6.45) is -1.12. The van der Waals surface area contributed by atoms with Gasteiger partial charge in [-0.25, -0.2) is 0 Å². The molecule has 0 saturated heterocycles. The van der Waals surface area contributed by atoms with Gasteiger partial charge in [0, 0.05) is 0 Å². The predicted molar refractivity (Wildman–Crippen MR) is 64.5 cm³/mol. The minimum atomic E-state index is -1.12. The van der Waals surface area contributed by atoms with Crippen LogP contribution in [0.15, 0.2) is 0 Å². The third-order valence-corrected chi connectivity index (χ3v) is 2.30. The molecule has 0 aliphatic heterocycles. The van der Waals surface area contributed by atoms with Gasteiger partial charge in [0.25, 0.3) is 0 Å². The number of aromatic nitrogens is 3. The molecule has 0 radical (unpaired) electrons. The standard InChI is InChI=1S/C3Cl3N3.C3H6Cl2O3/c4-1-7-2(5)9-3(6)8-1;4-3(8-5)2(7)1-6/h;2-3,6-7H,1H2. The molecule has 1 heterocycles. The van der Waals surface area contributed by atoms with Crippen LogP contribution in [0.3, 0.4) is 0 Å². The summed E-state index contributed by atoms with van der Waals surface area (Å²) in [7, 11) is 0. The van der Waals surface area contributed by atoms with E-state index in [1.54, 1.807) is 0 Å². The Bertz CT molecular complexity index is 286. The van der Waals surface area contributed by atoms with Crippen LogP contribution in [0.2, 0.25) is 15.9 Å². The summed E-state index contributed by atoms with van der Waals surface area (Å²) in [6, 6.07) is 0. The van der Waals surface area contributed by atoms with Crippen molar-refractivity contribution in [1.29, 1.82) is 0 Å². The fourth-order valence-corrected chi connectivity index (χ4v) is 1.25. The molecule has 0 bridgehead atoms. The van der Waals surface area contributed by atoms with Gasteiger partial charge < -0.3 is 10.2 Å². The van der Waals surface area contributed by atoms with E-state index in [0.29, 0.717) is 0 Å². The van der Waals surface area contributed by atoms with Crippen molar-refractivity contribution in [3.8, 4) is 0 Å². The zero-order valence-electron chi connectivity index (χ0n) is 7.90. The second-order valence-corrected chi connectivity index (χ2v) is 3.96. The van der Waals surface area contributed by atoms with Crippen molar-refractivity contribution in [2.24, 2.45) is 0 Å². The smallest absolute Gasteiger partial charge is 0.227 e. The molecule has 0 spiro atoms. The summed E-state index contributed by atoms with van der Waals surface area (Å²) in [5.41, 5.74) is -1.04. The number of nitrogens with zero attached hydrogens (tertiary/aromatic N) is 3. The van der Waals surface area contributed by atoms with Crippen LogP contribution in [0, 0.1) is 0 Å². The Morgan fingerprint density at radius 1 is 1.06 bits per heavy atom. The van der Waals surface area contributed by atoms with E-state index in [-0.39, 0.29) is 15.9 Å². The summed E-state index contributed by atoms with van der Waals surface area (Å²) in [5.74, 6) is 0. The number of alkyl halides is 1. The lowest BCUT2D eigenvalue weighted by Crippen LogP contribution is -2.24. The molecule has 0 saturated carbocycles. The molecule has 2 unspecified atom stereocenters. The lowest BCUT2D eigenvalue weighted by Gasteiger charge is -2.08. The molecule has 98 valence electrons. The van der Waals surface area contributed by atoms with Crippen LogP contribution < -0.4 is 0 Å². The molecule has 17 heavy (non-hydrogen) atoms. The second-order valence-electron chi connectivity index (χ2n) is 2.33. The quantitative estimate of drug-likeness (QED) is 0.814. The Kier molecular flexibility index (Phi) is 9.48. The zero-order valence-corrected chi connectivity index (χ0v) is 11.7. The Morgan fingerprint density at radius 2 is 1.41 bits per heavy atom. The molecule has 0 amide bonds. The minimum absolute atomic E-state index is 0.000000000000000444. The van der Waals surface area contributed by atoms with Crippen molar-refractivity contribution < 1.29 is 14.5 Å². The van der Waals surface area contributed by atoms with Gasteiger partial charge in [-0.2, -0.15) is 15.0 Å². The van der Waals surface area contributed by atoms with E-state index in [4.69, 9.17) is 68.5 Å². The number of halogens is 5. The van der Waals surface area contributed by atoms with Gasteiger partial charge in [0.1, 0.15) is 6.10 Å². The van der Waals surface area contributed by atoms with Gasteiger partial charge in [-0.05, 0) is 34.8 Å². The highest BCUT2D eigenvalue weighted by Crippen LogP contribution is 2.08. The summed E-state index contributed by atoms with van der Waals surface area (Å²) >= 11 is 25.8. The van der Waals surface area contributed by atoms with Crippen molar-refractivity contribution in [3.63, 3.8) is 0 Å². The maximum absolute atomic E-state index is 8.54. The number of aliphatic hydroxyl groups is 2.